The Bertz CT molecular complexity index is 1270. The molecule has 0 bridgehead atoms. The molecule has 3 aromatic rings. The van der Waals surface area contributed by atoms with Crippen LogP contribution in [-0.4, -0.2) is 24.6 Å². The quantitative estimate of drug-likeness (QED) is 0.328. The number of benzene rings is 3. The van der Waals surface area contributed by atoms with Gasteiger partial charge in [0.1, 0.15) is 12.4 Å². The molecule has 8 heteroatoms. The molecule has 1 fully saturated rings. The van der Waals surface area contributed by atoms with Gasteiger partial charge in [0.25, 0.3) is 0 Å². The maximum Gasteiger partial charge on any atom is 0.245 e. The van der Waals surface area contributed by atoms with Crippen molar-refractivity contribution in [3.63, 3.8) is 0 Å². The smallest absolute Gasteiger partial charge is 0.245 e. The molecular formula is C27H25Cl2N3O3. The number of halogens is 2. The number of carbonyl (C=O) groups is 2. The number of ether oxygens (including phenoxy) is 1. The van der Waals surface area contributed by atoms with Crippen LogP contribution in [0, 0.1) is 19.8 Å². The van der Waals surface area contributed by atoms with E-state index in [1.807, 2.05) is 50.2 Å². The fourth-order valence-electron chi connectivity index (χ4n) is 3.80. The standard InChI is InChI=1S/C27H25Cl2N3O3/c1-17-9-10-21(11-18(17)2)32-15-20(13-26(32)33)27(34)31-30-14-19-5-3-6-22(12-19)35-16-23-24(28)7-4-8-25(23)29/h3-12,14,20H,13,15-16H2,1-2H3,(H,31,34)/b30-14-/t20-/m0/s1. The first-order valence-corrected chi connectivity index (χ1v) is 11.9. The van der Waals surface area contributed by atoms with E-state index >= 15 is 0 Å². The number of hydrazone groups is 1. The van der Waals surface area contributed by atoms with Gasteiger partial charge in [-0.25, -0.2) is 5.43 Å². The highest BCUT2D eigenvalue weighted by Crippen LogP contribution is 2.27. The van der Waals surface area contributed by atoms with Crippen molar-refractivity contribution in [1.29, 1.82) is 0 Å². The first-order valence-electron chi connectivity index (χ1n) is 11.2. The summed E-state index contributed by atoms with van der Waals surface area (Å²) in [6, 6.07) is 18.4. The first kappa shape index (κ1) is 24.8. The Morgan fingerprint density at radius 2 is 1.83 bits per heavy atom. The Labute approximate surface area is 214 Å². The fraction of sp³-hybridized carbons (Fsp3) is 0.222. The summed E-state index contributed by atoms with van der Waals surface area (Å²) in [5.41, 5.74) is 7.08. The average Bonchev–Trinajstić information content (AvgIpc) is 3.22. The minimum Gasteiger partial charge on any atom is -0.489 e. The molecule has 0 radical (unpaired) electrons. The monoisotopic (exact) mass is 509 g/mol. The zero-order chi connectivity index (χ0) is 24.9. The Morgan fingerprint density at radius 3 is 2.57 bits per heavy atom. The van der Waals surface area contributed by atoms with Crippen LogP contribution in [0.1, 0.15) is 28.7 Å². The molecule has 1 heterocycles. The Hall–Kier alpha value is -3.35. The molecule has 2 amide bonds. The van der Waals surface area contributed by atoms with Crippen molar-refractivity contribution < 1.29 is 14.3 Å². The number of rotatable bonds is 7. The predicted octanol–water partition coefficient (Wildman–Crippen LogP) is 5.69. The predicted molar refractivity (Wildman–Crippen MR) is 139 cm³/mol. The van der Waals surface area contributed by atoms with Crippen LogP contribution < -0.4 is 15.1 Å². The fourth-order valence-corrected chi connectivity index (χ4v) is 4.30. The summed E-state index contributed by atoms with van der Waals surface area (Å²) in [6.07, 6.45) is 1.69. The van der Waals surface area contributed by atoms with Gasteiger partial charge in [-0.3, -0.25) is 9.59 Å². The van der Waals surface area contributed by atoms with Gasteiger partial charge in [0.2, 0.25) is 11.8 Å². The van der Waals surface area contributed by atoms with Gasteiger partial charge in [-0.05, 0) is 66.9 Å². The highest BCUT2D eigenvalue weighted by atomic mass is 35.5. The Morgan fingerprint density at radius 1 is 1.09 bits per heavy atom. The lowest BCUT2D eigenvalue weighted by Gasteiger charge is -2.17. The van der Waals surface area contributed by atoms with Gasteiger partial charge in [-0.15, -0.1) is 0 Å². The van der Waals surface area contributed by atoms with E-state index in [0.29, 0.717) is 27.9 Å². The molecule has 35 heavy (non-hydrogen) atoms. The molecule has 0 aromatic heterocycles. The van der Waals surface area contributed by atoms with E-state index in [1.165, 1.54) is 6.21 Å². The molecule has 4 rings (SSSR count). The van der Waals surface area contributed by atoms with E-state index in [9.17, 15) is 9.59 Å². The maximum absolute atomic E-state index is 12.6. The molecule has 1 N–H and O–H groups in total. The molecular weight excluding hydrogens is 485 g/mol. The summed E-state index contributed by atoms with van der Waals surface area (Å²) in [6.45, 7) is 4.58. The molecule has 0 aliphatic carbocycles. The summed E-state index contributed by atoms with van der Waals surface area (Å²) < 4.78 is 5.82. The van der Waals surface area contributed by atoms with Crippen molar-refractivity contribution in [1.82, 2.24) is 5.43 Å². The van der Waals surface area contributed by atoms with Gasteiger partial charge in [0.05, 0.1) is 12.1 Å². The molecule has 6 nitrogen and oxygen atoms in total. The molecule has 180 valence electrons. The average molecular weight is 510 g/mol. The van der Waals surface area contributed by atoms with Gasteiger partial charge >= 0.3 is 0 Å². The third kappa shape index (κ3) is 6.02. The Kier molecular flexibility index (Phi) is 7.73. The molecule has 1 saturated heterocycles. The lowest BCUT2D eigenvalue weighted by atomic mass is 10.1. The van der Waals surface area contributed by atoms with Crippen LogP contribution in [0.25, 0.3) is 0 Å². The minimum atomic E-state index is -0.462. The highest BCUT2D eigenvalue weighted by molar-refractivity contribution is 6.35. The van der Waals surface area contributed by atoms with Crippen molar-refractivity contribution in [3.05, 3.63) is 93.0 Å². The molecule has 1 aliphatic rings. The second-order valence-electron chi connectivity index (χ2n) is 8.47. The van der Waals surface area contributed by atoms with Crippen LogP contribution in [0.4, 0.5) is 5.69 Å². The van der Waals surface area contributed by atoms with E-state index in [2.05, 4.69) is 10.5 Å². The van der Waals surface area contributed by atoms with E-state index in [1.54, 1.807) is 29.2 Å². The zero-order valence-electron chi connectivity index (χ0n) is 19.4. The molecule has 0 spiro atoms. The molecule has 0 unspecified atom stereocenters. The van der Waals surface area contributed by atoms with Crippen LogP contribution in [0.15, 0.2) is 65.8 Å². The maximum atomic E-state index is 12.6. The normalized spacial score (nSPS) is 15.6. The van der Waals surface area contributed by atoms with E-state index in [4.69, 9.17) is 27.9 Å². The van der Waals surface area contributed by atoms with E-state index < -0.39 is 5.92 Å². The third-order valence-corrected chi connectivity index (χ3v) is 6.70. The van der Waals surface area contributed by atoms with Crippen molar-refractivity contribution in [3.8, 4) is 5.75 Å². The van der Waals surface area contributed by atoms with Crippen LogP contribution >= 0.6 is 23.2 Å². The van der Waals surface area contributed by atoms with Gasteiger partial charge < -0.3 is 9.64 Å². The van der Waals surface area contributed by atoms with Crippen molar-refractivity contribution in [2.24, 2.45) is 11.0 Å². The lowest BCUT2D eigenvalue weighted by molar-refractivity contribution is -0.126. The highest BCUT2D eigenvalue weighted by Gasteiger charge is 2.35. The second kappa shape index (κ2) is 10.9. The number of hydrogen-bond acceptors (Lipinski definition) is 4. The Balaban J connectivity index is 1.33. The number of anilines is 1. The number of hydrogen-bond donors (Lipinski definition) is 1. The number of nitrogens with zero attached hydrogens (tertiary/aromatic N) is 2. The summed E-state index contributed by atoms with van der Waals surface area (Å²) in [5.74, 6) is -0.208. The van der Waals surface area contributed by atoms with Crippen LogP contribution in [0.5, 0.6) is 5.75 Å². The number of amides is 2. The van der Waals surface area contributed by atoms with E-state index in [0.717, 1.165) is 22.4 Å². The minimum absolute atomic E-state index is 0.0687. The van der Waals surface area contributed by atoms with Gasteiger partial charge in [0, 0.05) is 34.3 Å². The summed E-state index contributed by atoms with van der Waals surface area (Å²) in [5, 5.41) is 5.15. The number of carbonyl (C=O) groups excluding carboxylic acids is 2. The van der Waals surface area contributed by atoms with Crippen molar-refractivity contribution >= 4 is 46.9 Å². The summed E-state index contributed by atoms with van der Waals surface area (Å²) >= 11 is 12.4. The SMILES string of the molecule is Cc1ccc(N2C[C@@H](C(=O)N/N=C\c3cccc(OCc4c(Cl)cccc4Cl)c3)CC2=O)cc1C. The molecule has 1 aliphatic heterocycles. The van der Waals surface area contributed by atoms with E-state index in [-0.39, 0.29) is 24.8 Å². The number of nitrogens with one attached hydrogen (secondary N) is 1. The van der Waals surface area contributed by atoms with Crippen LogP contribution in [-0.2, 0) is 16.2 Å². The zero-order valence-corrected chi connectivity index (χ0v) is 20.9. The first-order chi connectivity index (χ1) is 16.8. The topological polar surface area (TPSA) is 71.0 Å². The van der Waals surface area contributed by atoms with Gasteiger partial charge in [-0.1, -0.05) is 47.5 Å². The summed E-state index contributed by atoms with van der Waals surface area (Å²) in [4.78, 5) is 26.8. The van der Waals surface area contributed by atoms with Gasteiger partial charge in [-0.2, -0.15) is 5.10 Å². The molecule has 1 atom stereocenters. The molecule has 3 aromatic carbocycles. The van der Waals surface area contributed by atoms with Crippen LogP contribution in [0.2, 0.25) is 10.0 Å². The number of aryl methyl sites for hydroxylation is 2. The van der Waals surface area contributed by atoms with Gasteiger partial charge in [0.15, 0.2) is 0 Å². The van der Waals surface area contributed by atoms with Crippen LogP contribution in [0.3, 0.4) is 0 Å². The largest absolute Gasteiger partial charge is 0.489 e. The van der Waals surface area contributed by atoms with Crippen molar-refractivity contribution in [2.45, 2.75) is 26.9 Å². The third-order valence-electron chi connectivity index (χ3n) is 5.99. The second-order valence-corrected chi connectivity index (χ2v) is 9.28. The lowest BCUT2D eigenvalue weighted by Crippen LogP contribution is -2.30. The van der Waals surface area contributed by atoms with Crippen molar-refractivity contribution in [2.75, 3.05) is 11.4 Å². The summed E-state index contributed by atoms with van der Waals surface area (Å²) in [7, 11) is 0. The molecule has 0 saturated carbocycles.